The molecule has 1 aliphatic rings. The Morgan fingerprint density at radius 2 is 2.44 bits per heavy atom. The lowest BCUT2D eigenvalue weighted by Crippen LogP contribution is -2.49. The molecule has 1 saturated heterocycles. The van der Waals surface area contributed by atoms with Gasteiger partial charge in [0.1, 0.15) is 0 Å². The minimum absolute atomic E-state index is 0.0394. The molecule has 1 fully saturated rings. The van der Waals surface area contributed by atoms with E-state index in [-0.39, 0.29) is 11.9 Å². The summed E-state index contributed by atoms with van der Waals surface area (Å²) >= 11 is 0. The average molecular weight is 249 g/mol. The lowest BCUT2D eigenvalue weighted by molar-refractivity contribution is -0.136. The maximum atomic E-state index is 12.1. The number of hydrogen-bond acceptors (Lipinski definition) is 4. The van der Waals surface area contributed by atoms with Crippen molar-refractivity contribution in [2.45, 2.75) is 25.4 Å². The monoisotopic (exact) mass is 249 g/mol. The lowest BCUT2D eigenvalue weighted by atomic mass is 10.0. The number of likely N-dealkylation sites (tertiary alicyclic amines) is 1. The van der Waals surface area contributed by atoms with E-state index in [2.05, 4.69) is 10.3 Å². The molecule has 1 unspecified atom stereocenters. The lowest BCUT2D eigenvalue weighted by Gasteiger charge is -2.32. The fourth-order valence-electron chi connectivity index (χ4n) is 2.25. The summed E-state index contributed by atoms with van der Waals surface area (Å²) in [5.41, 5.74) is 1.05. The number of amides is 1. The van der Waals surface area contributed by atoms with Crippen LogP contribution in [0, 0.1) is 0 Å². The van der Waals surface area contributed by atoms with Crippen molar-refractivity contribution in [3.63, 3.8) is 0 Å². The van der Waals surface area contributed by atoms with Gasteiger partial charge in [0.25, 0.3) is 0 Å². The van der Waals surface area contributed by atoms with E-state index in [1.54, 1.807) is 13.3 Å². The summed E-state index contributed by atoms with van der Waals surface area (Å²) in [6.07, 6.45) is 3.67. The van der Waals surface area contributed by atoms with Gasteiger partial charge in [0.15, 0.2) is 0 Å². The quantitative estimate of drug-likeness (QED) is 0.857. The largest absolute Gasteiger partial charge is 0.481 e. The Hall–Kier alpha value is -1.62. The fourth-order valence-corrected chi connectivity index (χ4v) is 2.25. The third kappa shape index (κ3) is 2.79. The Morgan fingerprint density at radius 3 is 3.17 bits per heavy atom. The molecular formula is C13H19N3O2. The first-order chi connectivity index (χ1) is 8.74. The van der Waals surface area contributed by atoms with E-state index in [1.807, 2.05) is 24.1 Å². The van der Waals surface area contributed by atoms with E-state index >= 15 is 0 Å². The highest BCUT2D eigenvalue weighted by molar-refractivity contribution is 5.82. The van der Waals surface area contributed by atoms with E-state index < -0.39 is 0 Å². The number of aromatic nitrogens is 1. The summed E-state index contributed by atoms with van der Waals surface area (Å²) in [6.45, 7) is 1.44. The van der Waals surface area contributed by atoms with Gasteiger partial charge in [-0.3, -0.25) is 4.79 Å². The van der Waals surface area contributed by atoms with Crippen LogP contribution in [0.3, 0.4) is 0 Å². The number of hydrogen-bond donors (Lipinski definition) is 1. The van der Waals surface area contributed by atoms with Crippen molar-refractivity contribution in [3.8, 4) is 5.88 Å². The number of ether oxygens (including phenoxy) is 1. The van der Waals surface area contributed by atoms with Crippen LogP contribution >= 0.6 is 0 Å². The van der Waals surface area contributed by atoms with Crippen molar-refractivity contribution in [3.05, 3.63) is 23.9 Å². The molecule has 2 heterocycles. The molecule has 1 atom stereocenters. The van der Waals surface area contributed by atoms with Gasteiger partial charge in [0, 0.05) is 25.4 Å². The van der Waals surface area contributed by atoms with E-state index in [1.165, 1.54) is 0 Å². The highest BCUT2D eigenvalue weighted by Crippen LogP contribution is 2.16. The Labute approximate surface area is 107 Å². The summed E-state index contributed by atoms with van der Waals surface area (Å²) in [4.78, 5) is 18.1. The smallest absolute Gasteiger partial charge is 0.239 e. The first kappa shape index (κ1) is 12.8. The number of piperidine rings is 1. The number of pyridine rings is 1. The zero-order valence-electron chi connectivity index (χ0n) is 10.8. The number of likely N-dealkylation sites (N-methyl/N-ethyl adjacent to an activating group) is 1. The molecule has 0 aliphatic carbocycles. The minimum atomic E-state index is -0.0394. The second-order valence-corrected chi connectivity index (χ2v) is 4.45. The van der Waals surface area contributed by atoms with E-state index in [9.17, 15) is 4.79 Å². The van der Waals surface area contributed by atoms with Crippen LogP contribution in [-0.4, -0.2) is 42.5 Å². The third-order valence-electron chi connectivity index (χ3n) is 3.26. The minimum Gasteiger partial charge on any atom is -0.481 e. The summed E-state index contributed by atoms with van der Waals surface area (Å²) in [5.74, 6) is 0.765. The first-order valence-corrected chi connectivity index (χ1v) is 6.19. The van der Waals surface area contributed by atoms with Gasteiger partial charge in [0.05, 0.1) is 13.2 Å². The molecule has 2 rings (SSSR count). The Bertz CT molecular complexity index is 422. The molecule has 1 aromatic rings. The molecule has 0 saturated carbocycles. The SMILES string of the molecule is CNC1CCCN(Cc2ccnc(OC)c2)C1=O. The molecule has 0 radical (unpaired) electrons. The molecule has 0 spiro atoms. The van der Waals surface area contributed by atoms with Crippen LogP contribution in [0.2, 0.25) is 0 Å². The predicted octanol–water partition coefficient (Wildman–Crippen LogP) is 0.801. The molecule has 1 aromatic heterocycles. The van der Waals surface area contributed by atoms with Crippen LogP contribution in [0.15, 0.2) is 18.3 Å². The second-order valence-electron chi connectivity index (χ2n) is 4.45. The van der Waals surface area contributed by atoms with Gasteiger partial charge in [-0.25, -0.2) is 4.98 Å². The van der Waals surface area contributed by atoms with Crippen molar-refractivity contribution >= 4 is 5.91 Å². The number of carbonyl (C=O) groups excluding carboxylic acids is 1. The first-order valence-electron chi connectivity index (χ1n) is 6.19. The molecule has 0 bridgehead atoms. The van der Waals surface area contributed by atoms with Gasteiger partial charge in [-0.15, -0.1) is 0 Å². The number of carbonyl (C=O) groups is 1. The van der Waals surface area contributed by atoms with Gasteiger partial charge in [0.2, 0.25) is 11.8 Å². The maximum absolute atomic E-state index is 12.1. The zero-order chi connectivity index (χ0) is 13.0. The normalized spacial score (nSPS) is 20.0. The molecule has 98 valence electrons. The van der Waals surface area contributed by atoms with Crippen molar-refractivity contribution in [1.82, 2.24) is 15.2 Å². The van der Waals surface area contributed by atoms with Gasteiger partial charge in [-0.05, 0) is 31.5 Å². The summed E-state index contributed by atoms with van der Waals surface area (Å²) in [6, 6.07) is 3.75. The second kappa shape index (κ2) is 5.82. The van der Waals surface area contributed by atoms with Crippen LogP contribution in [0.4, 0.5) is 0 Å². The van der Waals surface area contributed by atoms with Gasteiger partial charge in [-0.2, -0.15) is 0 Å². The number of nitrogens with one attached hydrogen (secondary N) is 1. The molecule has 0 aromatic carbocycles. The van der Waals surface area contributed by atoms with Crippen molar-refractivity contribution < 1.29 is 9.53 Å². The topological polar surface area (TPSA) is 54.5 Å². The highest BCUT2D eigenvalue weighted by atomic mass is 16.5. The molecule has 1 aliphatic heterocycles. The maximum Gasteiger partial charge on any atom is 0.239 e. The average Bonchev–Trinajstić information content (AvgIpc) is 2.41. The summed E-state index contributed by atoms with van der Waals surface area (Å²) in [5, 5.41) is 3.06. The predicted molar refractivity (Wildman–Crippen MR) is 68.3 cm³/mol. The third-order valence-corrected chi connectivity index (χ3v) is 3.26. The fraction of sp³-hybridized carbons (Fsp3) is 0.538. The van der Waals surface area contributed by atoms with Crippen molar-refractivity contribution in [1.29, 1.82) is 0 Å². The van der Waals surface area contributed by atoms with E-state index in [0.29, 0.717) is 12.4 Å². The van der Waals surface area contributed by atoms with Crippen LogP contribution in [0.25, 0.3) is 0 Å². The van der Waals surface area contributed by atoms with Crippen LogP contribution in [-0.2, 0) is 11.3 Å². The van der Waals surface area contributed by atoms with E-state index in [4.69, 9.17) is 4.74 Å². The van der Waals surface area contributed by atoms with Gasteiger partial charge >= 0.3 is 0 Å². The van der Waals surface area contributed by atoms with Crippen LogP contribution < -0.4 is 10.1 Å². The molecule has 5 heteroatoms. The Kier molecular flexibility index (Phi) is 4.15. The number of nitrogens with zero attached hydrogens (tertiary/aromatic N) is 2. The van der Waals surface area contributed by atoms with Gasteiger partial charge < -0.3 is 15.0 Å². The Balaban J connectivity index is 2.05. The molecule has 18 heavy (non-hydrogen) atoms. The number of methoxy groups -OCH3 is 1. The van der Waals surface area contributed by atoms with Crippen LogP contribution in [0.5, 0.6) is 5.88 Å². The molecule has 5 nitrogen and oxygen atoms in total. The molecule has 1 amide bonds. The van der Waals surface area contributed by atoms with Crippen molar-refractivity contribution in [2.24, 2.45) is 0 Å². The van der Waals surface area contributed by atoms with Crippen molar-refractivity contribution in [2.75, 3.05) is 20.7 Å². The van der Waals surface area contributed by atoms with E-state index in [0.717, 1.165) is 24.9 Å². The molecular weight excluding hydrogens is 230 g/mol. The summed E-state index contributed by atoms with van der Waals surface area (Å²) in [7, 11) is 3.43. The number of rotatable bonds is 4. The highest BCUT2D eigenvalue weighted by Gasteiger charge is 2.27. The standard InChI is InChI=1S/C13H19N3O2/c1-14-11-4-3-7-16(13(11)17)9-10-5-6-15-12(8-10)18-2/h5-6,8,11,14H,3-4,7,9H2,1-2H3. The summed E-state index contributed by atoms with van der Waals surface area (Å²) < 4.78 is 5.09. The zero-order valence-corrected chi connectivity index (χ0v) is 10.8. The molecule has 1 N–H and O–H groups in total. The Morgan fingerprint density at radius 1 is 1.61 bits per heavy atom. The van der Waals surface area contributed by atoms with Gasteiger partial charge in [-0.1, -0.05) is 0 Å². The van der Waals surface area contributed by atoms with Crippen LogP contribution in [0.1, 0.15) is 18.4 Å².